The van der Waals surface area contributed by atoms with Gasteiger partial charge in [-0.25, -0.2) is 0 Å². The predicted molar refractivity (Wildman–Crippen MR) is 127 cm³/mol. The number of likely N-dealkylation sites (N-methyl/N-ethyl adjacent to an activating group) is 1. The SMILES string of the molecule is CN1CCN(Cc2ccc(NC(=O)CCC(=O)N3CCSc4ccccc43)cc2)CC1. The Bertz CT molecular complexity index is 910. The number of amides is 2. The van der Waals surface area contributed by atoms with Crippen LogP contribution >= 0.6 is 11.8 Å². The van der Waals surface area contributed by atoms with Crippen molar-refractivity contribution in [1.82, 2.24) is 9.80 Å². The summed E-state index contributed by atoms with van der Waals surface area (Å²) in [6.45, 7) is 6.01. The number of hydrogen-bond donors (Lipinski definition) is 1. The maximum absolute atomic E-state index is 12.7. The lowest BCUT2D eigenvalue weighted by Gasteiger charge is -2.32. The molecule has 2 aliphatic rings. The number of piperazine rings is 1. The molecule has 0 bridgehead atoms. The minimum atomic E-state index is -0.125. The van der Waals surface area contributed by atoms with E-state index in [-0.39, 0.29) is 24.7 Å². The van der Waals surface area contributed by atoms with E-state index in [1.54, 1.807) is 11.8 Å². The Morgan fingerprint density at radius 2 is 1.68 bits per heavy atom. The number of nitrogens with zero attached hydrogens (tertiary/aromatic N) is 3. The standard InChI is InChI=1S/C24H30N4O2S/c1-26-12-14-27(15-13-26)18-19-6-8-20(9-7-19)25-23(29)10-11-24(30)28-16-17-31-22-5-3-2-4-21(22)28/h2-9H,10-18H2,1H3,(H,25,29). The van der Waals surface area contributed by atoms with E-state index in [2.05, 4.69) is 34.3 Å². The van der Waals surface area contributed by atoms with Gasteiger partial charge in [0.2, 0.25) is 11.8 Å². The largest absolute Gasteiger partial charge is 0.326 e. The summed E-state index contributed by atoms with van der Waals surface area (Å²) in [6.07, 6.45) is 0.403. The molecule has 0 saturated carbocycles. The van der Waals surface area contributed by atoms with Gasteiger partial charge in [0.25, 0.3) is 0 Å². The average Bonchev–Trinajstić information content (AvgIpc) is 2.80. The van der Waals surface area contributed by atoms with Crippen molar-refractivity contribution in [3.63, 3.8) is 0 Å². The van der Waals surface area contributed by atoms with Crippen LogP contribution in [0.3, 0.4) is 0 Å². The highest BCUT2D eigenvalue weighted by molar-refractivity contribution is 7.99. The van der Waals surface area contributed by atoms with Gasteiger partial charge in [-0.05, 0) is 36.9 Å². The molecule has 2 aliphatic heterocycles. The number of carbonyl (C=O) groups excluding carboxylic acids is 2. The van der Waals surface area contributed by atoms with Crippen LogP contribution in [-0.4, -0.2) is 67.1 Å². The molecule has 7 heteroatoms. The number of thioether (sulfide) groups is 1. The first-order valence-electron chi connectivity index (χ1n) is 10.9. The van der Waals surface area contributed by atoms with Crippen LogP contribution in [0.1, 0.15) is 18.4 Å². The summed E-state index contributed by atoms with van der Waals surface area (Å²) in [6, 6.07) is 16.0. The third kappa shape index (κ3) is 5.87. The Hall–Kier alpha value is -2.35. The lowest BCUT2D eigenvalue weighted by molar-refractivity contribution is -0.122. The smallest absolute Gasteiger partial charge is 0.227 e. The summed E-state index contributed by atoms with van der Waals surface area (Å²) in [5, 5.41) is 2.92. The van der Waals surface area contributed by atoms with E-state index in [0.29, 0.717) is 6.54 Å². The summed E-state index contributed by atoms with van der Waals surface area (Å²) >= 11 is 1.77. The average molecular weight is 439 g/mol. The first-order chi connectivity index (χ1) is 15.1. The van der Waals surface area contributed by atoms with Crippen molar-refractivity contribution in [2.75, 3.05) is 55.7 Å². The molecule has 0 radical (unpaired) electrons. The minimum Gasteiger partial charge on any atom is -0.326 e. The number of fused-ring (bicyclic) bond motifs is 1. The monoisotopic (exact) mass is 438 g/mol. The van der Waals surface area contributed by atoms with Crippen LogP contribution in [0, 0.1) is 0 Å². The van der Waals surface area contributed by atoms with Crippen molar-refractivity contribution in [2.45, 2.75) is 24.3 Å². The van der Waals surface area contributed by atoms with Gasteiger partial charge in [0.1, 0.15) is 0 Å². The zero-order chi connectivity index (χ0) is 21.6. The second kappa shape index (κ2) is 10.3. The summed E-state index contributed by atoms with van der Waals surface area (Å²) in [5.41, 5.74) is 2.98. The van der Waals surface area contributed by atoms with E-state index < -0.39 is 0 Å². The molecule has 0 aromatic heterocycles. The van der Waals surface area contributed by atoms with Crippen molar-refractivity contribution in [2.24, 2.45) is 0 Å². The second-order valence-electron chi connectivity index (χ2n) is 8.19. The van der Waals surface area contributed by atoms with E-state index >= 15 is 0 Å². The van der Waals surface area contributed by atoms with Gasteiger partial charge in [0, 0.05) is 68.4 Å². The minimum absolute atomic E-state index is 0.00502. The van der Waals surface area contributed by atoms with Crippen molar-refractivity contribution in [3.05, 3.63) is 54.1 Å². The van der Waals surface area contributed by atoms with Crippen molar-refractivity contribution < 1.29 is 9.59 Å². The van der Waals surface area contributed by atoms with E-state index in [1.165, 1.54) is 5.56 Å². The number of para-hydroxylation sites is 1. The third-order valence-electron chi connectivity index (χ3n) is 5.84. The molecule has 2 aromatic rings. The number of benzene rings is 2. The fraction of sp³-hybridized carbons (Fsp3) is 0.417. The van der Waals surface area contributed by atoms with E-state index in [1.807, 2.05) is 41.3 Å². The van der Waals surface area contributed by atoms with Crippen molar-refractivity contribution in [3.8, 4) is 0 Å². The van der Waals surface area contributed by atoms with E-state index in [4.69, 9.17) is 0 Å². The highest BCUT2D eigenvalue weighted by Crippen LogP contribution is 2.34. The molecule has 164 valence electrons. The lowest BCUT2D eigenvalue weighted by atomic mass is 10.1. The second-order valence-corrected chi connectivity index (χ2v) is 9.32. The Morgan fingerprint density at radius 1 is 0.935 bits per heavy atom. The normalized spacial score (nSPS) is 17.3. The van der Waals surface area contributed by atoms with Gasteiger partial charge in [-0.3, -0.25) is 14.5 Å². The molecule has 4 rings (SSSR count). The zero-order valence-electron chi connectivity index (χ0n) is 18.0. The highest BCUT2D eigenvalue weighted by Gasteiger charge is 2.23. The first kappa shape index (κ1) is 21.9. The molecule has 0 unspecified atom stereocenters. The van der Waals surface area contributed by atoms with Crippen LogP contribution in [0.5, 0.6) is 0 Å². The maximum atomic E-state index is 12.7. The zero-order valence-corrected chi connectivity index (χ0v) is 18.9. The molecule has 6 nitrogen and oxygen atoms in total. The third-order valence-corrected chi connectivity index (χ3v) is 6.88. The van der Waals surface area contributed by atoms with Gasteiger partial charge in [-0.15, -0.1) is 11.8 Å². The summed E-state index contributed by atoms with van der Waals surface area (Å²) < 4.78 is 0. The summed E-state index contributed by atoms with van der Waals surface area (Å²) in [7, 11) is 2.16. The van der Waals surface area contributed by atoms with Crippen LogP contribution < -0.4 is 10.2 Å². The Balaban J connectivity index is 1.24. The van der Waals surface area contributed by atoms with Crippen LogP contribution in [0.25, 0.3) is 0 Å². The Kier molecular flexibility index (Phi) is 7.27. The number of hydrogen-bond acceptors (Lipinski definition) is 5. The molecule has 0 atom stereocenters. The topological polar surface area (TPSA) is 55.9 Å². The predicted octanol–water partition coefficient (Wildman–Crippen LogP) is 3.29. The quantitative estimate of drug-likeness (QED) is 0.750. The van der Waals surface area contributed by atoms with Gasteiger partial charge < -0.3 is 15.1 Å². The molecule has 1 fully saturated rings. The molecule has 1 saturated heterocycles. The fourth-order valence-electron chi connectivity index (χ4n) is 3.97. The summed E-state index contributed by atoms with van der Waals surface area (Å²) in [4.78, 5) is 32.8. The van der Waals surface area contributed by atoms with Gasteiger partial charge in [0.05, 0.1) is 5.69 Å². The number of nitrogens with one attached hydrogen (secondary N) is 1. The van der Waals surface area contributed by atoms with Crippen molar-refractivity contribution in [1.29, 1.82) is 0 Å². The van der Waals surface area contributed by atoms with Crippen LogP contribution in [0.2, 0.25) is 0 Å². The van der Waals surface area contributed by atoms with Crippen LogP contribution in [0.15, 0.2) is 53.4 Å². The maximum Gasteiger partial charge on any atom is 0.227 e. The van der Waals surface area contributed by atoms with Gasteiger partial charge >= 0.3 is 0 Å². The van der Waals surface area contributed by atoms with E-state index in [9.17, 15) is 9.59 Å². The molecule has 0 spiro atoms. The van der Waals surface area contributed by atoms with Gasteiger partial charge in [-0.1, -0.05) is 24.3 Å². The van der Waals surface area contributed by atoms with Crippen LogP contribution in [-0.2, 0) is 16.1 Å². The highest BCUT2D eigenvalue weighted by atomic mass is 32.2. The Labute approximate surface area is 188 Å². The molecule has 31 heavy (non-hydrogen) atoms. The van der Waals surface area contributed by atoms with Gasteiger partial charge in [-0.2, -0.15) is 0 Å². The lowest BCUT2D eigenvalue weighted by Crippen LogP contribution is -2.43. The Morgan fingerprint density at radius 3 is 2.45 bits per heavy atom. The number of anilines is 2. The molecule has 2 amide bonds. The first-order valence-corrected chi connectivity index (χ1v) is 11.9. The molecule has 1 N–H and O–H groups in total. The molecule has 2 aromatic carbocycles. The summed E-state index contributed by atoms with van der Waals surface area (Å²) in [5.74, 6) is 0.764. The number of rotatable bonds is 6. The number of carbonyl (C=O) groups is 2. The van der Waals surface area contributed by atoms with Crippen molar-refractivity contribution >= 4 is 35.0 Å². The fourth-order valence-corrected chi connectivity index (χ4v) is 4.96. The molecular weight excluding hydrogens is 408 g/mol. The van der Waals surface area contributed by atoms with Crippen LogP contribution in [0.4, 0.5) is 11.4 Å². The molecule has 0 aliphatic carbocycles. The molecule has 2 heterocycles. The van der Waals surface area contributed by atoms with E-state index in [0.717, 1.165) is 54.7 Å². The van der Waals surface area contributed by atoms with Gasteiger partial charge in [0.15, 0.2) is 0 Å². The molecular formula is C24H30N4O2S.